The fraction of sp³-hybridized carbons (Fsp3) is 0.0455. The zero-order chi connectivity index (χ0) is 24.7. The Balaban J connectivity index is 1.48. The van der Waals surface area contributed by atoms with Crippen LogP contribution in [-0.4, -0.2) is 45.3 Å². The topological polar surface area (TPSA) is 139 Å². The van der Waals surface area contributed by atoms with Crippen LogP contribution in [0.4, 0.5) is 15.4 Å². The molecule has 11 nitrogen and oxygen atoms in total. The lowest BCUT2D eigenvalue weighted by molar-refractivity contribution is -0.402. The van der Waals surface area contributed by atoms with Crippen LogP contribution in [-0.2, 0) is 4.79 Å². The minimum Gasteiger partial charge on any atom is -0.400 e. The molecule has 13 heteroatoms. The predicted octanol–water partition coefficient (Wildman–Crippen LogP) is 3.60. The summed E-state index contributed by atoms with van der Waals surface area (Å²) in [6.45, 7) is -0.647. The second kappa shape index (κ2) is 8.53. The van der Waals surface area contributed by atoms with Crippen LogP contribution < -0.4 is 5.01 Å². The molecule has 5 rings (SSSR count). The maximum absolute atomic E-state index is 13.6. The lowest BCUT2D eigenvalue weighted by Crippen LogP contribution is -2.41. The number of rotatable bonds is 6. The number of furan rings is 1. The Bertz CT molecular complexity index is 1530. The summed E-state index contributed by atoms with van der Waals surface area (Å²) in [5.74, 6) is -3.10. The van der Waals surface area contributed by atoms with Crippen molar-refractivity contribution in [2.75, 3.05) is 11.6 Å². The Morgan fingerprint density at radius 3 is 2.54 bits per heavy atom. The monoisotopic (exact) mass is 493 g/mol. The van der Waals surface area contributed by atoms with E-state index >= 15 is 0 Å². The number of thiazole rings is 1. The Kier molecular flexibility index (Phi) is 5.37. The fourth-order valence-electron chi connectivity index (χ4n) is 3.41. The number of halogens is 1. The molecular weight excluding hydrogens is 481 g/mol. The van der Waals surface area contributed by atoms with E-state index in [0.717, 1.165) is 33.5 Å². The lowest BCUT2D eigenvalue weighted by Gasteiger charge is -2.18. The van der Waals surface area contributed by atoms with E-state index in [0.29, 0.717) is 10.2 Å². The Hall–Kier alpha value is -4.78. The normalized spacial score (nSPS) is 13.1. The van der Waals surface area contributed by atoms with Gasteiger partial charge in [0.2, 0.25) is 5.13 Å². The van der Waals surface area contributed by atoms with Crippen molar-refractivity contribution in [2.24, 2.45) is 5.10 Å². The van der Waals surface area contributed by atoms with Gasteiger partial charge in [0.05, 0.1) is 33.6 Å². The van der Waals surface area contributed by atoms with Gasteiger partial charge in [-0.1, -0.05) is 23.5 Å². The molecular formula is C22H12FN5O6S. The van der Waals surface area contributed by atoms with Gasteiger partial charge in [0.1, 0.15) is 17.3 Å². The molecule has 0 radical (unpaired) electrons. The zero-order valence-corrected chi connectivity index (χ0v) is 18.3. The molecule has 1 aliphatic heterocycles. The van der Waals surface area contributed by atoms with Gasteiger partial charge in [-0.2, -0.15) is 10.1 Å². The largest absolute Gasteiger partial charge is 0.433 e. The molecule has 2 aromatic heterocycles. The van der Waals surface area contributed by atoms with Crippen LogP contribution in [0.2, 0.25) is 0 Å². The number of nitrogens with zero attached hydrogens (tertiary/aromatic N) is 5. The van der Waals surface area contributed by atoms with Crippen LogP contribution in [0.5, 0.6) is 0 Å². The maximum atomic E-state index is 13.6. The Labute approximate surface area is 198 Å². The third-order valence-electron chi connectivity index (χ3n) is 5.02. The molecule has 35 heavy (non-hydrogen) atoms. The Morgan fingerprint density at radius 1 is 1.17 bits per heavy atom. The summed E-state index contributed by atoms with van der Waals surface area (Å²) in [5, 5.41) is 15.8. The third-order valence-corrected chi connectivity index (χ3v) is 6.01. The van der Waals surface area contributed by atoms with Crippen molar-refractivity contribution in [2.45, 2.75) is 0 Å². The molecule has 0 aliphatic carbocycles. The highest BCUT2D eigenvalue weighted by Crippen LogP contribution is 2.30. The smallest absolute Gasteiger partial charge is 0.400 e. The summed E-state index contributed by atoms with van der Waals surface area (Å²) in [5.41, 5.74) is 0.756. The average Bonchev–Trinajstić information content (AvgIpc) is 3.53. The third kappa shape index (κ3) is 4.04. The number of hydrogen-bond acceptors (Lipinski definition) is 9. The van der Waals surface area contributed by atoms with Gasteiger partial charge >= 0.3 is 5.88 Å². The lowest BCUT2D eigenvalue weighted by atomic mass is 10.1. The van der Waals surface area contributed by atoms with Crippen molar-refractivity contribution < 1.29 is 28.1 Å². The van der Waals surface area contributed by atoms with Crippen LogP contribution in [0.15, 0.2) is 64.1 Å². The van der Waals surface area contributed by atoms with Crippen LogP contribution in [0.3, 0.4) is 0 Å². The van der Waals surface area contributed by atoms with Crippen molar-refractivity contribution >= 4 is 56.5 Å². The molecule has 2 aromatic carbocycles. The van der Waals surface area contributed by atoms with Crippen LogP contribution in [0.25, 0.3) is 10.2 Å². The fourth-order valence-corrected chi connectivity index (χ4v) is 4.37. The van der Waals surface area contributed by atoms with Gasteiger partial charge in [-0.15, -0.1) is 0 Å². The number of nitro groups is 1. The highest BCUT2D eigenvalue weighted by Gasteiger charge is 2.37. The number of imide groups is 1. The summed E-state index contributed by atoms with van der Waals surface area (Å²) in [4.78, 5) is 53.8. The van der Waals surface area contributed by atoms with Crippen molar-refractivity contribution in [3.63, 3.8) is 0 Å². The first-order valence-corrected chi connectivity index (χ1v) is 10.8. The molecule has 1 aliphatic rings. The molecule has 4 aromatic rings. The first kappa shape index (κ1) is 22.0. The predicted molar refractivity (Wildman–Crippen MR) is 122 cm³/mol. The quantitative estimate of drug-likeness (QED) is 0.173. The summed E-state index contributed by atoms with van der Waals surface area (Å²) < 4.78 is 19.1. The molecule has 174 valence electrons. The maximum Gasteiger partial charge on any atom is 0.433 e. The van der Waals surface area contributed by atoms with Gasteiger partial charge in [0, 0.05) is 0 Å². The van der Waals surface area contributed by atoms with Crippen molar-refractivity contribution in [3.8, 4) is 0 Å². The highest BCUT2D eigenvalue weighted by molar-refractivity contribution is 7.22. The first-order chi connectivity index (χ1) is 16.8. The molecule has 3 heterocycles. The second-order valence-corrected chi connectivity index (χ2v) is 8.24. The van der Waals surface area contributed by atoms with E-state index < -0.39 is 40.9 Å². The number of benzene rings is 2. The van der Waals surface area contributed by atoms with E-state index in [-0.39, 0.29) is 22.0 Å². The van der Waals surface area contributed by atoms with Gasteiger partial charge in [-0.25, -0.2) is 9.37 Å². The number of carbonyl (C=O) groups is 3. The molecule has 0 atom stereocenters. The summed E-state index contributed by atoms with van der Waals surface area (Å²) in [6.07, 6.45) is 1.06. The number of carbonyl (C=O) groups excluding carboxylic acids is 3. The Morgan fingerprint density at radius 2 is 1.89 bits per heavy atom. The standard InChI is InChI=1S/C22H12FN5O6S/c23-12-5-7-16-17(9-12)35-22(25-16)27(24-10-13-6-8-19(34-13)28(32)33)18(29)11-26-20(30)14-3-1-2-4-15(14)21(26)31/h1-10H,11H2/b24-10+. The molecule has 0 fully saturated rings. The number of hydrogen-bond donors (Lipinski definition) is 0. The van der Waals surface area contributed by atoms with Crippen LogP contribution in [0, 0.1) is 15.9 Å². The molecule has 0 N–H and O–H groups in total. The van der Waals surface area contributed by atoms with E-state index in [9.17, 15) is 28.9 Å². The molecule has 0 spiro atoms. The highest BCUT2D eigenvalue weighted by atomic mass is 32.1. The molecule has 0 saturated heterocycles. The summed E-state index contributed by atoms with van der Waals surface area (Å²) in [7, 11) is 0. The van der Waals surface area contributed by atoms with Crippen LogP contribution >= 0.6 is 11.3 Å². The van der Waals surface area contributed by atoms with Gasteiger partial charge in [0.15, 0.2) is 5.76 Å². The number of aromatic nitrogens is 1. The van der Waals surface area contributed by atoms with E-state index in [1.54, 1.807) is 12.1 Å². The van der Waals surface area contributed by atoms with Gasteiger partial charge in [0.25, 0.3) is 17.7 Å². The molecule has 0 unspecified atom stereocenters. The number of hydrazone groups is 1. The number of anilines is 1. The summed E-state index contributed by atoms with van der Waals surface area (Å²) >= 11 is 0.953. The van der Waals surface area contributed by atoms with E-state index in [1.807, 2.05) is 0 Å². The SMILES string of the molecule is O=C1c2ccccc2C(=O)N1CC(=O)N(/N=C/c1ccc([N+](=O)[O-])o1)c1nc2ccc(F)cc2s1. The average molecular weight is 493 g/mol. The van der Waals surface area contributed by atoms with Crippen molar-refractivity contribution in [1.29, 1.82) is 0 Å². The minimum atomic E-state index is -0.795. The van der Waals surface area contributed by atoms with Crippen molar-refractivity contribution in [1.82, 2.24) is 9.88 Å². The van der Waals surface area contributed by atoms with Crippen molar-refractivity contribution in [3.05, 3.63) is 87.4 Å². The number of amides is 3. The van der Waals surface area contributed by atoms with E-state index in [2.05, 4.69) is 10.1 Å². The van der Waals surface area contributed by atoms with E-state index in [4.69, 9.17) is 4.42 Å². The van der Waals surface area contributed by atoms with Gasteiger partial charge in [-0.05, 0) is 36.4 Å². The first-order valence-electron chi connectivity index (χ1n) is 9.94. The molecule has 3 amide bonds. The van der Waals surface area contributed by atoms with E-state index in [1.165, 1.54) is 36.4 Å². The van der Waals surface area contributed by atoms with Crippen LogP contribution in [0.1, 0.15) is 26.5 Å². The zero-order valence-electron chi connectivity index (χ0n) is 17.5. The number of fused-ring (bicyclic) bond motifs is 2. The second-order valence-electron chi connectivity index (χ2n) is 7.23. The minimum absolute atomic E-state index is 0.0256. The summed E-state index contributed by atoms with van der Waals surface area (Å²) in [6, 6.07) is 12.5. The molecule has 0 bridgehead atoms. The van der Waals surface area contributed by atoms with Gasteiger partial charge < -0.3 is 4.42 Å². The van der Waals surface area contributed by atoms with Gasteiger partial charge in [-0.3, -0.25) is 29.4 Å². The molecule has 0 saturated carbocycles.